The Hall–Kier alpha value is -1.69. The number of sulfonamides is 1. The topological polar surface area (TPSA) is 37.1 Å². The molecule has 0 bridgehead atoms. The Kier molecular flexibility index (Phi) is 6.82. The highest BCUT2D eigenvalue weighted by Gasteiger charge is 2.43. The summed E-state index contributed by atoms with van der Waals surface area (Å²) in [6.07, 6.45) is 6.63. The molecule has 0 saturated carbocycles. The predicted molar refractivity (Wildman–Crippen MR) is 125 cm³/mol. The van der Waals surface area contributed by atoms with Crippen molar-refractivity contribution >= 4 is 23.3 Å². The zero-order valence-electron chi connectivity index (χ0n) is 18.1. The lowest BCUT2D eigenvalue weighted by Crippen LogP contribution is -2.42. The molecule has 1 aliphatic rings. The smallest absolute Gasteiger partial charge is 0.207 e. The summed E-state index contributed by atoms with van der Waals surface area (Å²) in [6, 6.07) is 18.2. The van der Waals surface area contributed by atoms with Gasteiger partial charge in [-0.25, -0.2) is 8.42 Å². The van der Waals surface area contributed by atoms with E-state index in [1.54, 1.807) is 16.4 Å². The first kappa shape index (κ1) is 22.0. The van der Waals surface area contributed by atoms with E-state index in [9.17, 15) is 8.42 Å². The van der Waals surface area contributed by atoms with Crippen molar-refractivity contribution in [2.24, 2.45) is 0 Å². The van der Waals surface area contributed by atoms with Gasteiger partial charge in [-0.15, -0.1) is 0 Å². The summed E-state index contributed by atoms with van der Waals surface area (Å²) in [6.45, 7) is 9.73. The molecule has 3 rings (SSSR count). The fourth-order valence-corrected chi connectivity index (χ4v) is 7.47. The monoisotopic (exact) mass is 427 g/mol. The third-order valence-corrected chi connectivity index (χ3v) is 12.1. The Bertz CT molecular complexity index is 950. The molecule has 0 amide bonds. The quantitative estimate of drug-likeness (QED) is 0.320. The largest absolute Gasteiger partial charge is 0.243 e. The SMILES string of the molecule is C/C(=C\CCCC[C@H]1CN1S(=O)(=O)c1ccc(C)cc1)[Si](C)(C)c1ccccc1. The molecule has 2 aromatic carbocycles. The Morgan fingerprint density at radius 3 is 2.38 bits per heavy atom. The number of benzene rings is 2. The van der Waals surface area contributed by atoms with E-state index in [-0.39, 0.29) is 6.04 Å². The van der Waals surface area contributed by atoms with Gasteiger partial charge in [-0.3, -0.25) is 0 Å². The van der Waals surface area contributed by atoms with Gasteiger partial charge in [-0.1, -0.05) is 84.0 Å². The van der Waals surface area contributed by atoms with Crippen LogP contribution >= 0.6 is 0 Å². The second-order valence-electron chi connectivity index (χ2n) is 8.70. The van der Waals surface area contributed by atoms with Crippen LogP contribution in [0.5, 0.6) is 0 Å². The zero-order valence-corrected chi connectivity index (χ0v) is 19.9. The molecule has 1 aliphatic heterocycles. The average molecular weight is 428 g/mol. The molecule has 2 atom stereocenters. The van der Waals surface area contributed by atoms with Crippen LogP contribution in [0.1, 0.15) is 38.2 Å². The van der Waals surface area contributed by atoms with Gasteiger partial charge >= 0.3 is 0 Å². The third kappa shape index (κ3) is 5.27. The van der Waals surface area contributed by atoms with Crippen molar-refractivity contribution in [1.29, 1.82) is 0 Å². The van der Waals surface area contributed by atoms with Crippen molar-refractivity contribution in [3.8, 4) is 0 Å². The molecule has 5 heteroatoms. The molecule has 29 heavy (non-hydrogen) atoms. The van der Waals surface area contributed by atoms with E-state index in [4.69, 9.17) is 0 Å². The standard InChI is InChI=1S/C24H33NO2SSi/c1-20-15-17-23(18-16-20)28(26,27)25-19-22(25)12-8-5-7-11-21(2)29(3,4)24-13-9-6-10-14-24/h6,9-11,13-18,22H,5,7-8,12,19H2,1-4H3/b21-11+/t22-,25?/m0/s1. The van der Waals surface area contributed by atoms with E-state index in [1.165, 1.54) is 10.4 Å². The molecule has 3 nitrogen and oxygen atoms in total. The van der Waals surface area contributed by atoms with E-state index >= 15 is 0 Å². The Morgan fingerprint density at radius 1 is 1.07 bits per heavy atom. The second kappa shape index (κ2) is 8.98. The summed E-state index contributed by atoms with van der Waals surface area (Å²) in [5.74, 6) is 0. The normalized spacial score (nSPS) is 19.9. The van der Waals surface area contributed by atoms with Crippen molar-refractivity contribution in [1.82, 2.24) is 4.31 Å². The predicted octanol–water partition coefficient (Wildman–Crippen LogP) is 5.03. The highest BCUT2D eigenvalue weighted by atomic mass is 32.2. The Morgan fingerprint density at radius 2 is 1.72 bits per heavy atom. The first-order valence-corrected chi connectivity index (χ1v) is 15.0. The molecule has 1 heterocycles. The number of allylic oxidation sites excluding steroid dienone is 2. The van der Waals surface area contributed by atoms with Gasteiger partial charge in [-0.2, -0.15) is 4.31 Å². The first-order valence-electron chi connectivity index (χ1n) is 10.5. The molecule has 1 saturated heterocycles. The number of unbranched alkanes of at least 4 members (excludes halogenated alkanes) is 2. The first-order chi connectivity index (χ1) is 13.7. The van der Waals surface area contributed by atoms with Crippen LogP contribution in [0.25, 0.3) is 0 Å². The summed E-state index contributed by atoms with van der Waals surface area (Å²) in [4.78, 5) is 0.414. The maximum atomic E-state index is 12.7. The molecule has 2 aromatic rings. The maximum absolute atomic E-state index is 12.7. The minimum atomic E-state index is -3.31. The van der Waals surface area contributed by atoms with Crippen molar-refractivity contribution < 1.29 is 8.42 Å². The summed E-state index contributed by atoms with van der Waals surface area (Å²) >= 11 is 0. The lowest BCUT2D eigenvalue weighted by molar-refractivity contribution is 0.541. The molecule has 1 unspecified atom stereocenters. The van der Waals surface area contributed by atoms with Crippen molar-refractivity contribution in [3.05, 3.63) is 71.4 Å². The summed E-state index contributed by atoms with van der Waals surface area (Å²) in [7, 11) is -4.87. The van der Waals surface area contributed by atoms with E-state index in [0.29, 0.717) is 11.4 Å². The van der Waals surface area contributed by atoms with Crippen LogP contribution in [0.3, 0.4) is 0 Å². The van der Waals surface area contributed by atoms with E-state index in [0.717, 1.165) is 31.2 Å². The number of hydrogen-bond donors (Lipinski definition) is 0. The Balaban J connectivity index is 1.45. The van der Waals surface area contributed by atoms with Gasteiger partial charge in [0.25, 0.3) is 0 Å². The minimum Gasteiger partial charge on any atom is -0.207 e. The summed E-state index contributed by atoms with van der Waals surface area (Å²) in [5, 5.41) is 3.00. The molecular formula is C24H33NO2SSi. The van der Waals surface area contributed by atoms with Gasteiger partial charge < -0.3 is 0 Å². The molecule has 0 N–H and O–H groups in total. The third-order valence-electron chi connectivity index (χ3n) is 6.22. The minimum absolute atomic E-state index is 0.182. The fraction of sp³-hybridized carbons (Fsp3) is 0.417. The average Bonchev–Trinajstić information content (AvgIpc) is 3.49. The van der Waals surface area contributed by atoms with Gasteiger partial charge in [-0.05, 0) is 45.2 Å². The molecular weight excluding hydrogens is 394 g/mol. The maximum Gasteiger partial charge on any atom is 0.243 e. The molecule has 0 radical (unpaired) electrons. The highest BCUT2D eigenvalue weighted by Crippen LogP contribution is 2.31. The van der Waals surface area contributed by atoms with Crippen LogP contribution in [-0.4, -0.2) is 33.4 Å². The van der Waals surface area contributed by atoms with Gasteiger partial charge in [0.2, 0.25) is 10.0 Å². The zero-order chi connectivity index (χ0) is 21.1. The lowest BCUT2D eigenvalue weighted by atomic mass is 10.1. The van der Waals surface area contributed by atoms with E-state index < -0.39 is 18.1 Å². The van der Waals surface area contributed by atoms with Gasteiger partial charge in [0, 0.05) is 12.6 Å². The number of aryl methyl sites for hydroxylation is 1. The van der Waals surface area contributed by atoms with E-state index in [1.807, 2.05) is 19.1 Å². The van der Waals surface area contributed by atoms with Gasteiger partial charge in [0.15, 0.2) is 0 Å². The van der Waals surface area contributed by atoms with Crippen molar-refractivity contribution in [2.75, 3.05) is 6.54 Å². The molecule has 0 spiro atoms. The number of rotatable bonds is 9. The van der Waals surface area contributed by atoms with Crippen molar-refractivity contribution in [2.45, 2.75) is 63.6 Å². The van der Waals surface area contributed by atoms with Crippen LogP contribution in [0.2, 0.25) is 13.1 Å². The van der Waals surface area contributed by atoms with Crippen molar-refractivity contribution in [3.63, 3.8) is 0 Å². The van der Waals surface area contributed by atoms with Gasteiger partial charge in [0.1, 0.15) is 8.07 Å². The summed E-state index contributed by atoms with van der Waals surface area (Å²) < 4.78 is 27.0. The molecule has 0 aromatic heterocycles. The summed E-state index contributed by atoms with van der Waals surface area (Å²) in [5.41, 5.74) is 1.08. The fourth-order valence-electron chi connectivity index (χ4n) is 3.72. The van der Waals surface area contributed by atoms with Crippen LogP contribution < -0.4 is 5.19 Å². The van der Waals surface area contributed by atoms with Crippen LogP contribution in [0.15, 0.2) is 70.8 Å². The molecule has 1 fully saturated rings. The lowest BCUT2D eigenvalue weighted by Gasteiger charge is -2.24. The number of nitrogens with zero attached hydrogens (tertiary/aromatic N) is 1. The van der Waals surface area contributed by atoms with Gasteiger partial charge in [0.05, 0.1) is 4.90 Å². The number of hydrogen-bond acceptors (Lipinski definition) is 2. The van der Waals surface area contributed by atoms with E-state index in [2.05, 4.69) is 56.4 Å². The Labute approximate surface area is 177 Å². The molecule has 0 aliphatic carbocycles. The van der Waals surface area contributed by atoms with Crippen LogP contribution in [0, 0.1) is 6.92 Å². The van der Waals surface area contributed by atoms with Crippen LogP contribution in [-0.2, 0) is 10.0 Å². The second-order valence-corrected chi connectivity index (χ2v) is 15.2. The highest BCUT2D eigenvalue weighted by molar-refractivity contribution is 7.89. The molecule has 156 valence electrons. The van der Waals surface area contributed by atoms with Crippen LogP contribution in [0.4, 0.5) is 0 Å².